The van der Waals surface area contributed by atoms with Gasteiger partial charge in [0.25, 0.3) is 5.91 Å². The summed E-state index contributed by atoms with van der Waals surface area (Å²) in [6, 6.07) is 2.73. The van der Waals surface area contributed by atoms with Gasteiger partial charge >= 0.3 is 5.97 Å². The van der Waals surface area contributed by atoms with Crippen molar-refractivity contribution >= 4 is 23.5 Å². The maximum Gasteiger partial charge on any atom is 0.305 e. The molecule has 0 aliphatic carbocycles. The molecule has 0 bridgehead atoms. The van der Waals surface area contributed by atoms with E-state index in [1.807, 2.05) is 0 Å². The standard InChI is InChI=1S/C12H15ClN2O3/c1-3-15(8(2)6-11(16)17)12(18)10-5-4-9(13)7-14-10/h4-5,7-8H,3,6H2,1-2H3,(H,16,17). The minimum absolute atomic E-state index is 0.0901. The maximum atomic E-state index is 12.1. The average Bonchev–Trinajstić information content (AvgIpc) is 2.29. The molecule has 0 spiro atoms. The molecule has 1 heterocycles. The van der Waals surface area contributed by atoms with E-state index in [2.05, 4.69) is 4.98 Å². The number of hydrogen-bond donors (Lipinski definition) is 1. The zero-order chi connectivity index (χ0) is 13.7. The summed E-state index contributed by atoms with van der Waals surface area (Å²) in [7, 11) is 0. The number of halogens is 1. The zero-order valence-electron chi connectivity index (χ0n) is 10.3. The molecule has 5 nitrogen and oxygen atoms in total. The fraction of sp³-hybridized carbons (Fsp3) is 0.417. The Labute approximate surface area is 110 Å². The first-order valence-corrected chi connectivity index (χ1v) is 5.97. The minimum Gasteiger partial charge on any atom is -0.481 e. The number of amides is 1. The highest BCUT2D eigenvalue weighted by molar-refractivity contribution is 6.30. The number of nitrogens with zero attached hydrogens (tertiary/aromatic N) is 2. The molecule has 0 saturated carbocycles. The van der Waals surface area contributed by atoms with E-state index in [4.69, 9.17) is 16.7 Å². The number of hydrogen-bond acceptors (Lipinski definition) is 3. The van der Waals surface area contributed by atoms with E-state index in [0.29, 0.717) is 11.6 Å². The molecule has 1 rings (SSSR count). The molecule has 1 N–H and O–H groups in total. The highest BCUT2D eigenvalue weighted by Gasteiger charge is 2.22. The third-order valence-electron chi connectivity index (χ3n) is 2.55. The maximum absolute atomic E-state index is 12.1. The highest BCUT2D eigenvalue weighted by atomic mass is 35.5. The summed E-state index contributed by atoms with van der Waals surface area (Å²) in [5, 5.41) is 9.20. The van der Waals surface area contributed by atoms with Crippen LogP contribution in [0.4, 0.5) is 0 Å². The molecule has 1 amide bonds. The van der Waals surface area contributed by atoms with Crippen LogP contribution in [0, 0.1) is 0 Å². The first-order chi connectivity index (χ1) is 8.45. The Bertz CT molecular complexity index is 433. The lowest BCUT2D eigenvalue weighted by molar-refractivity contribution is -0.138. The van der Waals surface area contributed by atoms with Crippen molar-refractivity contribution in [1.29, 1.82) is 0 Å². The number of carbonyl (C=O) groups is 2. The summed E-state index contributed by atoms with van der Waals surface area (Å²) in [6.45, 7) is 3.93. The van der Waals surface area contributed by atoms with E-state index in [1.54, 1.807) is 19.9 Å². The van der Waals surface area contributed by atoms with Crippen LogP contribution >= 0.6 is 11.6 Å². The number of aromatic nitrogens is 1. The summed E-state index contributed by atoms with van der Waals surface area (Å²) in [5.41, 5.74) is 0.262. The summed E-state index contributed by atoms with van der Waals surface area (Å²) in [5.74, 6) is -1.22. The van der Waals surface area contributed by atoms with Crippen LogP contribution < -0.4 is 0 Å². The van der Waals surface area contributed by atoms with Gasteiger partial charge in [0.05, 0.1) is 11.4 Å². The lowest BCUT2D eigenvalue weighted by Gasteiger charge is -2.26. The van der Waals surface area contributed by atoms with Gasteiger partial charge < -0.3 is 10.0 Å². The van der Waals surface area contributed by atoms with Gasteiger partial charge in [-0.1, -0.05) is 11.6 Å². The van der Waals surface area contributed by atoms with Crippen LogP contribution in [-0.4, -0.2) is 39.5 Å². The number of carbonyl (C=O) groups excluding carboxylic acids is 1. The van der Waals surface area contributed by atoms with Crippen LogP contribution in [0.5, 0.6) is 0 Å². The van der Waals surface area contributed by atoms with Crippen molar-refractivity contribution in [2.24, 2.45) is 0 Å². The highest BCUT2D eigenvalue weighted by Crippen LogP contribution is 2.11. The summed E-state index contributed by atoms with van der Waals surface area (Å²) >= 11 is 5.70. The van der Waals surface area contributed by atoms with Gasteiger partial charge in [-0.05, 0) is 26.0 Å². The summed E-state index contributed by atoms with van der Waals surface area (Å²) < 4.78 is 0. The van der Waals surface area contributed by atoms with E-state index < -0.39 is 5.97 Å². The van der Waals surface area contributed by atoms with Crippen molar-refractivity contribution in [2.45, 2.75) is 26.3 Å². The van der Waals surface area contributed by atoms with Crippen molar-refractivity contribution in [2.75, 3.05) is 6.54 Å². The fourth-order valence-corrected chi connectivity index (χ4v) is 1.78. The molecule has 0 aliphatic heterocycles. The Kier molecular flexibility index (Phi) is 5.09. The van der Waals surface area contributed by atoms with E-state index in [9.17, 15) is 9.59 Å². The van der Waals surface area contributed by atoms with Crippen LogP contribution in [0.25, 0.3) is 0 Å². The minimum atomic E-state index is -0.933. The Morgan fingerprint density at radius 2 is 2.17 bits per heavy atom. The van der Waals surface area contributed by atoms with Crippen LogP contribution in [0.1, 0.15) is 30.8 Å². The first kappa shape index (κ1) is 14.4. The summed E-state index contributed by atoms with van der Waals surface area (Å²) in [6.07, 6.45) is 1.30. The van der Waals surface area contributed by atoms with Crippen LogP contribution in [0.2, 0.25) is 5.02 Å². The van der Waals surface area contributed by atoms with Gasteiger partial charge in [-0.15, -0.1) is 0 Å². The normalized spacial score (nSPS) is 11.9. The van der Waals surface area contributed by atoms with Gasteiger partial charge in [0.1, 0.15) is 5.69 Å². The number of pyridine rings is 1. The van der Waals surface area contributed by atoms with Crippen LogP contribution in [0.15, 0.2) is 18.3 Å². The molecule has 0 saturated heterocycles. The molecule has 0 aliphatic rings. The van der Waals surface area contributed by atoms with Gasteiger partial charge in [0.15, 0.2) is 0 Å². The Hall–Kier alpha value is -1.62. The molecule has 1 aromatic heterocycles. The number of rotatable bonds is 5. The Morgan fingerprint density at radius 3 is 2.61 bits per heavy atom. The van der Waals surface area contributed by atoms with Crippen molar-refractivity contribution in [3.8, 4) is 0 Å². The van der Waals surface area contributed by atoms with Crippen molar-refractivity contribution in [3.63, 3.8) is 0 Å². The smallest absolute Gasteiger partial charge is 0.305 e. The van der Waals surface area contributed by atoms with Gasteiger partial charge in [0.2, 0.25) is 0 Å². The van der Waals surface area contributed by atoms with Gasteiger partial charge in [0, 0.05) is 18.8 Å². The Morgan fingerprint density at radius 1 is 1.50 bits per heavy atom. The molecule has 1 unspecified atom stereocenters. The third-order valence-corrected chi connectivity index (χ3v) is 2.77. The fourth-order valence-electron chi connectivity index (χ4n) is 1.67. The second-order valence-corrected chi connectivity index (χ2v) is 4.34. The number of carboxylic acid groups (broad SMARTS) is 1. The quantitative estimate of drug-likeness (QED) is 0.889. The predicted octanol–water partition coefficient (Wildman–Crippen LogP) is 2.06. The van der Waals surface area contributed by atoms with E-state index in [1.165, 1.54) is 17.2 Å². The number of carboxylic acids is 1. The van der Waals surface area contributed by atoms with Crippen LogP contribution in [-0.2, 0) is 4.79 Å². The lowest BCUT2D eigenvalue weighted by atomic mass is 10.2. The molecular formula is C12H15ClN2O3. The molecule has 1 aromatic rings. The molecule has 0 radical (unpaired) electrons. The molecule has 6 heteroatoms. The van der Waals surface area contributed by atoms with E-state index in [0.717, 1.165) is 0 Å². The SMILES string of the molecule is CCN(C(=O)c1ccc(Cl)cn1)C(C)CC(=O)O. The summed E-state index contributed by atoms with van der Waals surface area (Å²) in [4.78, 5) is 28.2. The molecule has 0 aromatic carbocycles. The molecule has 98 valence electrons. The molecule has 1 atom stereocenters. The number of aliphatic carboxylic acids is 1. The average molecular weight is 271 g/mol. The third kappa shape index (κ3) is 3.70. The molecular weight excluding hydrogens is 256 g/mol. The molecule has 0 fully saturated rings. The topological polar surface area (TPSA) is 70.5 Å². The van der Waals surface area contributed by atoms with Gasteiger partial charge in [-0.3, -0.25) is 9.59 Å². The predicted molar refractivity (Wildman–Crippen MR) is 67.7 cm³/mol. The van der Waals surface area contributed by atoms with E-state index in [-0.39, 0.29) is 24.1 Å². The zero-order valence-corrected chi connectivity index (χ0v) is 11.0. The van der Waals surface area contributed by atoms with Crippen molar-refractivity contribution in [3.05, 3.63) is 29.0 Å². The van der Waals surface area contributed by atoms with Gasteiger partial charge in [-0.25, -0.2) is 4.98 Å². The monoisotopic (exact) mass is 270 g/mol. The first-order valence-electron chi connectivity index (χ1n) is 5.60. The van der Waals surface area contributed by atoms with Crippen molar-refractivity contribution < 1.29 is 14.7 Å². The second-order valence-electron chi connectivity index (χ2n) is 3.90. The van der Waals surface area contributed by atoms with E-state index >= 15 is 0 Å². The molecule has 18 heavy (non-hydrogen) atoms. The van der Waals surface area contributed by atoms with Gasteiger partial charge in [-0.2, -0.15) is 0 Å². The van der Waals surface area contributed by atoms with Crippen molar-refractivity contribution in [1.82, 2.24) is 9.88 Å². The lowest BCUT2D eigenvalue weighted by Crippen LogP contribution is -2.40. The second kappa shape index (κ2) is 6.35. The largest absolute Gasteiger partial charge is 0.481 e. The van der Waals surface area contributed by atoms with Crippen LogP contribution in [0.3, 0.4) is 0 Å². The Balaban J connectivity index is 2.85.